The van der Waals surface area contributed by atoms with Crippen LogP contribution < -0.4 is 10.1 Å². The summed E-state index contributed by atoms with van der Waals surface area (Å²) in [5.41, 5.74) is 3.34. The SMILES string of the molecule is C[C@@H](NC[C@H](O)COc1ccccc1-c1ccccc1)c1ccccc1. The Bertz CT molecular complexity index is 790. The Morgan fingerprint density at radius 1 is 0.846 bits per heavy atom. The lowest BCUT2D eigenvalue weighted by Crippen LogP contribution is -2.33. The summed E-state index contributed by atoms with van der Waals surface area (Å²) >= 11 is 0. The van der Waals surface area contributed by atoms with E-state index in [0.29, 0.717) is 6.54 Å². The van der Waals surface area contributed by atoms with Crippen molar-refractivity contribution in [3.8, 4) is 16.9 Å². The number of hydrogen-bond donors (Lipinski definition) is 2. The van der Waals surface area contributed by atoms with Crippen molar-refractivity contribution in [2.45, 2.75) is 19.1 Å². The van der Waals surface area contributed by atoms with Gasteiger partial charge in [0, 0.05) is 18.2 Å². The molecule has 134 valence electrons. The lowest BCUT2D eigenvalue weighted by molar-refractivity contribution is 0.104. The molecule has 3 aromatic carbocycles. The molecule has 26 heavy (non-hydrogen) atoms. The van der Waals surface area contributed by atoms with Crippen LogP contribution in [0.1, 0.15) is 18.5 Å². The number of para-hydroxylation sites is 1. The Balaban J connectivity index is 1.54. The van der Waals surface area contributed by atoms with Crippen LogP contribution in [0.3, 0.4) is 0 Å². The lowest BCUT2D eigenvalue weighted by atomic mass is 10.1. The fourth-order valence-corrected chi connectivity index (χ4v) is 2.87. The average Bonchev–Trinajstić information content (AvgIpc) is 2.72. The normalized spacial score (nSPS) is 13.2. The second-order valence-corrected chi connectivity index (χ2v) is 6.37. The van der Waals surface area contributed by atoms with E-state index in [1.807, 2.05) is 60.7 Å². The Morgan fingerprint density at radius 2 is 1.46 bits per heavy atom. The largest absolute Gasteiger partial charge is 0.490 e. The quantitative estimate of drug-likeness (QED) is 0.633. The molecular formula is C23H25NO2. The van der Waals surface area contributed by atoms with Gasteiger partial charge in [-0.3, -0.25) is 0 Å². The highest BCUT2D eigenvalue weighted by Crippen LogP contribution is 2.29. The van der Waals surface area contributed by atoms with E-state index in [4.69, 9.17) is 4.74 Å². The van der Waals surface area contributed by atoms with Gasteiger partial charge in [-0.15, -0.1) is 0 Å². The van der Waals surface area contributed by atoms with E-state index >= 15 is 0 Å². The molecule has 0 heterocycles. The van der Waals surface area contributed by atoms with Gasteiger partial charge in [0.2, 0.25) is 0 Å². The highest BCUT2D eigenvalue weighted by Gasteiger charge is 2.11. The predicted molar refractivity (Wildman–Crippen MR) is 106 cm³/mol. The maximum atomic E-state index is 10.3. The summed E-state index contributed by atoms with van der Waals surface area (Å²) in [5.74, 6) is 0.786. The molecule has 3 heteroatoms. The number of aliphatic hydroxyl groups excluding tert-OH is 1. The minimum absolute atomic E-state index is 0.183. The third-order valence-electron chi connectivity index (χ3n) is 4.36. The summed E-state index contributed by atoms with van der Waals surface area (Å²) in [6.45, 7) is 2.82. The highest BCUT2D eigenvalue weighted by molar-refractivity contribution is 5.70. The Morgan fingerprint density at radius 3 is 2.19 bits per heavy atom. The molecule has 0 bridgehead atoms. The van der Waals surface area contributed by atoms with Crippen molar-refractivity contribution in [2.24, 2.45) is 0 Å². The van der Waals surface area contributed by atoms with E-state index in [-0.39, 0.29) is 12.6 Å². The Labute approximate surface area is 155 Å². The van der Waals surface area contributed by atoms with E-state index in [2.05, 4.69) is 36.5 Å². The van der Waals surface area contributed by atoms with Gasteiger partial charge >= 0.3 is 0 Å². The molecule has 3 nitrogen and oxygen atoms in total. The van der Waals surface area contributed by atoms with Crippen molar-refractivity contribution in [2.75, 3.05) is 13.2 Å². The first kappa shape index (κ1) is 18.2. The highest BCUT2D eigenvalue weighted by atomic mass is 16.5. The number of ether oxygens (including phenoxy) is 1. The second kappa shape index (κ2) is 9.18. The molecule has 0 aliphatic heterocycles. The van der Waals surface area contributed by atoms with Crippen molar-refractivity contribution in [3.05, 3.63) is 90.5 Å². The number of nitrogens with one attached hydrogen (secondary N) is 1. The van der Waals surface area contributed by atoms with Gasteiger partial charge in [0.25, 0.3) is 0 Å². The summed E-state index contributed by atoms with van der Waals surface area (Å²) < 4.78 is 5.90. The van der Waals surface area contributed by atoms with Gasteiger partial charge in [0.05, 0.1) is 0 Å². The molecule has 0 saturated heterocycles. The van der Waals surface area contributed by atoms with Crippen LogP contribution in [0.5, 0.6) is 5.75 Å². The molecule has 0 amide bonds. The van der Waals surface area contributed by atoms with Gasteiger partial charge in [-0.1, -0.05) is 78.9 Å². The zero-order valence-electron chi connectivity index (χ0n) is 15.0. The van der Waals surface area contributed by atoms with Crippen molar-refractivity contribution in [1.82, 2.24) is 5.32 Å². The number of hydrogen-bond acceptors (Lipinski definition) is 3. The van der Waals surface area contributed by atoms with Gasteiger partial charge in [-0.05, 0) is 24.1 Å². The average molecular weight is 347 g/mol. The molecule has 2 atom stereocenters. The third-order valence-corrected chi connectivity index (χ3v) is 4.36. The molecule has 0 aliphatic rings. The molecule has 3 rings (SSSR count). The number of benzene rings is 3. The van der Waals surface area contributed by atoms with E-state index in [0.717, 1.165) is 16.9 Å². The van der Waals surface area contributed by atoms with Crippen molar-refractivity contribution in [3.63, 3.8) is 0 Å². The standard InChI is InChI=1S/C23H25NO2/c1-18(19-10-4-2-5-11-19)24-16-21(25)17-26-23-15-9-8-14-22(23)20-12-6-3-7-13-20/h2-15,18,21,24-25H,16-17H2,1H3/t18-,21+/m1/s1. The monoisotopic (exact) mass is 347 g/mol. The van der Waals surface area contributed by atoms with Crippen LogP contribution in [0.2, 0.25) is 0 Å². The van der Waals surface area contributed by atoms with E-state index in [9.17, 15) is 5.11 Å². The molecule has 0 unspecified atom stereocenters. The summed E-state index contributed by atoms with van der Waals surface area (Å²) in [6.07, 6.45) is -0.579. The maximum absolute atomic E-state index is 10.3. The summed E-state index contributed by atoms with van der Waals surface area (Å²) in [6, 6.07) is 28.4. The second-order valence-electron chi connectivity index (χ2n) is 6.37. The summed E-state index contributed by atoms with van der Waals surface area (Å²) in [5, 5.41) is 13.6. The van der Waals surface area contributed by atoms with Crippen LogP contribution in [0.4, 0.5) is 0 Å². The Kier molecular flexibility index (Phi) is 6.42. The first-order chi connectivity index (χ1) is 12.7. The zero-order valence-corrected chi connectivity index (χ0v) is 15.0. The van der Waals surface area contributed by atoms with Crippen LogP contribution in [-0.4, -0.2) is 24.4 Å². The van der Waals surface area contributed by atoms with Gasteiger partial charge < -0.3 is 15.2 Å². The molecule has 0 radical (unpaired) electrons. The molecular weight excluding hydrogens is 322 g/mol. The summed E-state index contributed by atoms with van der Waals surface area (Å²) in [4.78, 5) is 0. The number of rotatable bonds is 8. The van der Waals surface area contributed by atoms with Gasteiger partial charge in [-0.2, -0.15) is 0 Å². The first-order valence-electron chi connectivity index (χ1n) is 8.97. The van der Waals surface area contributed by atoms with Crippen LogP contribution in [0.15, 0.2) is 84.9 Å². The Hall–Kier alpha value is -2.62. The van der Waals surface area contributed by atoms with Gasteiger partial charge in [0.15, 0.2) is 0 Å². The fourth-order valence-electron chi connectivity index (χ4n) is 2.87. The zero-order chi connectivity index (χ0) is 18.2. The van der Waals surface area contributed by atoms with Gasteiger partial charge in [-0.25, -0.2) is 0 Å². The predicted octanol–water partition coefficient (Wildman–Crippen LogP) is 4.44. The molecule has 3 aromatic rings. The maximum Gasteiger partial charge on any atom is 0.127 e. The third kappa shape index (κ3) is 4.94. The first-order valence-corrected chi connectivity index (χ1v) is 8.97. The topological polar surface area (TPSA) is 41.5 Å². The molecule has 2 N–H and O–H groups in total. The van der Waals surface area contributed by atoms with E-state index in [1.54, 1.807) is 0 Å². The van der Waals surface area contributed by atoms with Crippen LogP contribution in [0, 0.1) is 0 Å². The van der Waals surface area contributed by atoms with Crippen LogP contribution in [0.25, 0.3) is 11.1 Å². The molecule has 0 saturated carbocycles. The van der Waals surface area contributed by atoms with Crippen molar-refractivity contribution >= 4 is 0 Å². The van der Waals surface area contributed by atoms with Crippen LogP contribution >= 0.6 is 0 Å². The number of aliphatic hydroxyl groups is 1. The van der Waals surface area contributed by atoms with E-state index in [1.165, 1.54) is 5.56 Å². The smallest absolute Gasteiger partial charge is 0.127 e. The van der Waals surface area contributed by atoms with Crippen LogP contribution in [-0.2, 0) is 0 Å². The minimum Gasteiger partial charge on any atom is -0.490 e. The summed E-state index contributed by atoms with van der Waals surface area (Å²) in [7, 11) is 0. The van der Waals surface area contributed by atoms with Crippen molar-refractivity contribution in [1.29, 1.82) is 0 Å². The lowest BCUT2D eigenvalue weighted by Gasteiger charge is -2.19. The molecule has 0 fully saturated rings. The van der Waals surface area contributed by atoms with Gasteiger partial charge in [0.1, 0.15) is 18.5 Å². The minimum atomic E-state index is -0.579. The molecule has 0 aromatic heterocycles. The molecule has 0 aliphatic carbocycles. The molecule has 0 spiro atoms. The fraction of sp³-hybridized carbons (Fsp3) is 0.217. The van der Waals surface area contributed by atoms with E-state index < -0.39 is 6.10 Å². The van der Waals surface area contributed by atoms with Crippen molar-refractivity contribution < 1.29 is 9.84 Å².